The summed E-state index contributed by atoms with van der Waals surface area (Å²) < 4.78 is 70.2. The monoisotopic (exact) mass is 413 g/mol. The minimum absolute atomic E-state index is 0.162. The number of hydrogen-bond donors (Lipinski definition) is 0. The van der Waals surface area contributed by atoms with Crippen LogP contribution < -0.4 is 5.01 Å². The minimum Gasteiger partial charge on any atom is -0.251 e. The summed E-state index contributed by atoms with van der Waals surface area (Å²) in [5, 5.41) is 14.0. The smallest absolute Gasteiger partial charge is 0.200 e. The van der Waals surface area contributed by atoms with Crippen LogP contribution in [0, 0.1) is 40.4 Å². The Bertz CT molecular complexity index is 1160. The molecule has 3 aromatic carbocycles. The molecular weight excluding hydrogens is 401 g/mol. The first kappa shape index (κ1) is 19.6. The van der Waals surface area contributed by atoms with Crippen molar-refractivity contribution >= 4 is 11.4 Å². The highest BCUT2D eigenvalue weighted by Gasteiger charge is 2.37. The van der Waals surface area contributed by atoms with Crippen molar-refractivity contribution in [3.05, 3.63) is 100 Å². The van der Waals surface area contributed by atoms with Crippen LogP contribution in [0.2, 0.25) is 0 Å². The van der Waals surface area contributed by atoms with Gasteiger partial charge in [0.2, 0.25) is 5.82 Å². The number of hydrazone groups is 1. The largest absolute Gasteiger partial charge is 0.251 e. The van der Waals surface area contributed by atoms with Gasteiger partial charge in [0, 0.05) is 6.42 Å². The van der Waals surface area contributed by atoms with Crippen LogP contribution in [0.15, 0.2) is 59.7 Å². The minimum atomic E-state index is -2.22. The lowest BCUT2D eigenvalue weighted by Gasteiger charge is -2.25. The fourth-order valence-electron chi connectivity index (χ4n) is 3.36. The van der Waals surface area contributed by atoms with E-state index < -0.39 is 40.8 Å². The van der Waals surface area contributed by atoms with Crippen molar-refractivity contribution in [2.45, 2.75) is 12.5 Å². The summed E-state index contributed by atoms with van der Waals surface area (Å²) >= 11 is 0. The predicted molar refractivity (Wildman–Crippen MR) is 100 cm³/mol. The molecule has 0 fully saturated rings. The molecule has 1 aliphatic heterocycles. The molecule has 3 aromatic rings. The van der Waals surface area contributed by atoms with Gasteiger partial charge in [0.1, 0.15) is 5.69 Å². The first-order valence-corrected chi connectivity index (χ1v) is 8.86. The molecule has 0 bridgehead atoms. The van der Waals surface area contributed by atoms with Gasteiger partial charge in [0.15, 0.2) is 23.3 Å². The molecule has 0 amide bonds. The van der Waals surface area contributed by atoms with E-state index in [-0.39, 0.29) is 6.42 Å². The van der Waals surface area contributed by atoms with Crippen LogP contribution in [0.3, 0.4) is 0 Å². The van der Waals surface area contributed by atoms with Crippen LogP contribution in [-0.4, -0.2) is 5.71 Å². The summed E-state index contributed by atoms with van der Waals surface area (Å²) in [4.78, 5) is 0. The van der Waals surface area contributed by atoms with E-state index in [1.165, 1.54) is 0 Å². The second-order valence-electron chi connectivity index (χ2n) is 6.63. The zero-order valence-electron chi connectivity index (χ0n) is 15.2. The Labute approximate surface area is 168 Å². The van der Waals surface area contributed by atoms with Crippen molar-refractivity contribution in [1.29, 1.82) is 5.26 Å². The zero-order chi connectivity index (χ0) is 21.4. The Kier molecular flexibility index (Phi) is 4.96. The maximum Gasteiger partial charge on any atom is 0.200 e. The summed E-state index contributed by atoms with van der Waals surface area (Å²) in [6, 6.07) is 16.0. The second kappa shape index (κ2) is 7.59. The van der Waals surface area contributed by atoms with E-state index in [9.17, 15) is 22.0 Å². The Balaban J connectivity index is 1.87. The van der Waals surface area contributed by atoms with E-state index in [4.69, 9.17) is 5.26 Å². The van der Waals surface area contributed by atoms with E-state index in [0.717, 1.165) is 5.01 Å². The number of anilines is 1. The molecule has 0 saturated heterocycles. The highest BCUT2D eigenvalue weighted by atomic mass is 19.2. The van der Waals surface area contributed by atoms with Gasteiger partial charge in [-0.2, -0.15) is 10.4 Å². The molecule has 0 unspecified atom stereocenters. The predicted octanol–water partition coefficient (Wildman–Crippen LogP) is 5.61. The number of rotatable bonds is 3. The van der Waals surface area contributed by atoms with Gasteiger partial charge in [-0.1, -0.05) is 42.5 Å². The Morgan fingerprint density at radius 2 is 1.37 bits per heavy atom. The lowest BCUT2D eigenvalue weighted by atomic mass is 9.97. The number of nitriles is 1. The summed E-state index contributed by atoms with van der Waals surface area (Å²) in [7, 11) is 0. The van der Waals surface area contributed by atoms with Gasteiger partial charge in [-0.05, 0) is 23.3 Å². The van der Waals surface area contributed by atoms with Gasteiger partial charge in [0.05, 0.1) is 23.4 Å². The van der Waals surface area contributed by atoms with Crippen LogP contribution in [0.1, 0.15) is 29.2 Å². The first-order valence-electron chi connectivity index (χ1n) is 8.86. The fraction of sp³-hybridized carbons (Fsp3) is 0.0909. The van der Waals surface area contributed by atoms with E-state index in [0.29, 0.717) is 22.4 Å². The van der Waals surface area contributed by atoms with E-state index >= 15 is 0 Å². The average molecular weight is 413 g/mol. The molecule has 1 heterocycles. The molecule has 3 nitrogen and oxygen atoms in total. The molecule has 150 valence electrons. The summed E-state index contributed by atoms with van der Waals surface area (Å²) in [6.45, 7) is 0. The van der Waals surface area contributed by atoms with Crippen LogP contribution in [0.4, 0.5) is 27.6 Å². The Hall–Kier alpha value is -3.73. The van der Waals surface area contributed by atoms with Gasteiger partial charge < -0.3 is 0 Å². The first-order chi connectivity index (χ1) is 14.4. The van der Waals surface area contributed by atoms with Crippen molar-refractivity contribution < 1.29 is 22.0 Å². The fourth-order valence-corrected chi connectivity index (χ4v) is 3.36. The van der Waals surface area contributed by atoms with Crippen LogP contribution in [0.25, 0.3) is 0 Å². The van der Waals surface area contributed by atoms with E-state index in [1.807, 2.05) is 6.07 Å². The number of halogens is 5. The Morgan fingerprint density at radius 3 is 1.93 bits per heavy atom. The molecule has 1 atom stereocenters. The van der Waals surface area contributed by atoms with Crippen molar-refractivity contribution in [3.8, 4) is 6.07 Å². The van der Waals surface area contributed by atoms with Gasteiger partial charge in [-0.15, -0.1) is 0 Å². The topological polar surface area (TPSA) is 39.4 Å². The molecule has 8 heteroatoms. The van der Waals surface area contributed by atoms with Gasteiger partial charge in [-0.25, -0.2) is 22.0 Å². The zero-order valence-corrected chi connectivity index (χ0v) is 15.2. The number of nitrogens with zero attached hydrogens (tertiary/aromatic N) is 3. The summed E-state index contributed by atoms with van der Waals surface area (Å²) in [6.07, 6.45) is 0.162. The molecule has 0 aliphatic carbocycles. The molecule has 0 spiro atoms. The average Bonchev–Trinajstić information content (AvgIpc) is 3.22. The normalized spacial score (nSPS) is 15.8. The van der Waals surface area contributed by atoms with E-state index in [2.05, 4.69) is 5.10 Å². The van der Waals surface area contributed by atoms with Crippen molar-refractivity contribution in [2.75, 3.05) is 5.01 Å². The van der Waals surface area contributed by atoms with Gasteiger partial charge in [0.25, 0.3) is 0 Å². The molecule has 0 saturated carbocycles. The standard InChI is InChI=1S/C22H12F5N3/c23-17-18(24)20(26)22(21(27)19(17)25)30-16(14-4-2-1-3-5-14)10-15(29-30)13-8-6-12(11-28)7-9-13/h1-9,16H,10H2/t16-/m0/s1. The Morgan fingerprint density at radius 1 is 0.800 bits per heavy atom. The third-order valence-corrected chi connectivity index (χ3v) is 4.86. The molecule has 4 rings (SSSR count). The van der Waals surface area contributed by atoms with Gasteiger partial charge >= 0.3 is 0 Å². The highest BCUT2D eigenvalue weighted by molar-refractivity contribution is 6.03. The molecule has 0 N–H and O–H groups in total. The molecule has 0 radical (unpaired) electrons. The van der Waals surface area contributed by atoms with Gasteiger partial charge in [-0.3, -0.25) is 5.01 Å². The molecule has 30 heavy (non-hydrogen) atoms. The maximum absolute atomic E-state index is 14.5. The maximum atomic E-state index is 14.5. The molecule has 0 aromatic heterocycles. The van der Waals surface area contributed by atoms with E-state index in [1.54, 1.807) is 54.6 Å². The summed E-state index contributed by atoms with van der Waals surface area (Å²) in [5.41, 5.74) is 0.852. The van der Waals surface area contributed by atoms with Crippen LogP contribution >= 0.6 is 0 Å². The lowest BCUT2D eigenvalue weighted by molar-refractivity contribution is 0.377. The number of hydrogen-bond acceptors (Lipinski definition) is 3. The van der Waals surface area contributed by atoms with Crippen molar-refractivity contribution in [2.24, 2.45) is 5.10 Å². The molecular formula is C22H12F5N3. The van der Waals surface area contributed by atoms with Crippen LogP contribution in [-0.2, 0) is 0 Å². The highest BCUT2D eigenvalue weighted by Crippen LogP contribution is 2.40. The molecule has 1 aliphatic rings. The van der Waals surface area contributed by atoms with Crippen molar-refractivity contribution in [3.63, 3.8) is 0 Å². The lowest BCUT2D eigenvalue weighted by Crippen LogP contribution is -2.22. The summed E-state index contributed by atoms with van der Waals surface area (Å²) in [5.74, 6) is -10.2. The third kappa shape index (κ3) is 3.18. The third-order valence-electron chi connectivity index (χ3n) is 4.86. The van der Waals surface area contributed by atoms with Crippen LogP contribution in [0.5, 0.6) is 0 Å². The van der Waals surface area contributed by atoms with Crippen molar-refractivity contribution in [1.82, 2.24) is 0 Å². The quantitative estimate of drug-likeness (QED) is 0.318. The SMILES string of the molecule is N#Cc1ccc(C2=NN(c3c(F)c(F)c(F)c(F)c3F)[C@H](c3ccccc3)C2)cc1. The number of benzene rings is 3. The second-order valence-corrected chi connectivity index (χ2v) is 6.63.